The molecule has 1 heterocycles. The minimum absolute atomic E-state index is 0.277. The molecule has 0 fully saturated rings. The molecular weight excluding hydrogens is 304 g/mol. The molecule has 1 atom stereocenters. The van der Waals surface area contributed by atoms with Gasteiger partial charge >= 0.3 is 0 Å². The topological polar surface area (TPSA) is 58.2 Å². The Labute approximate surface area is 123 Å². The highest BCUT2D eigenvalue weighted by atomic mass is 35.5. The minimum atomic E-state index is -3.19. The standard InChI is InChI=1S/C12H19ClN2O2S2/c1-12(2,15-19(3,16)17)7-14-9-4-5-10-8(9)6-11(13)18-10/h6,9,14-15H,4-5,7H2,1-3H3. The first kappa shape index (κ1) is 15.3. The van der Waals surface area contributed by atoms with Crippen LogP contribution in [0.3, 0.4) is 0 Å². The van der Waals surface area contributed by atoms with Crippen LogP contribution in [-0.4, -0.2) is 26.8 Å². The molecule has 0 amide bonds. The number of sulfonamides is 1. The maximum Gasteiger partial charge on any atom is 0.209 e. The van der Waals surface area contributed by atoms with Gasteiger partial charge in [0.1, 0.15) is 0 Å². The molecule has 0 radical (unpaired) electrons. The summed E-state index contributed by atoms with van der Waals surface area (Å²) in [6, 6.07) is 2.29. The summed E-state index contributed by atoms with van der Waals surface area (Å²) in [4.78, 5) is 1.34. The maximum atomic E-state index is 11.3. The number of halogens is 1. The molecule has 0 bridgehead atoms. The van der Waals surface area contributed by atoms with Gasteiger partial charge in [0.25, 0.3) is 0 Å². The third kappa shape index (κ3) is 4.16. The number of rotatable bonds is 5. The first-order valence-corrected chi connectivity index (χ1v) is 9.25. The lowest BCUT2D eigenvalue weighted by atomic mass is 10.1. The van der Waals surface area contributed by atoms with Gasteiger partial charge in [0.05, 0.1) is 10.6 Å². The molecule has 0 saturated carbocycles. The van der Waals surface area contributed by atoms with Crippen molar-refractivity contribution >= 4 is 33.0 Å². The van der Waals surface area contributed by atoms with Gasteiger partial charge in [0, 0.05) is 23.0 Å². The highest BCUT2D eigenvalue weighted by Gasteiger charge is 2.28. The molecule has 4 nitrogen and oxygen atoms in total. The van der Waals surface area contributed by atoms with E-state index < -0.39 is 15.6 Å². The lowest BCUT2D eigenvalue weighted by Gasteiger charge is -2.27. The van der Waals surface area contributed by atoms with Crippen molar-refractivity contribution in [1.29, 1.82) is 0 Å². The Morgan fingerprint density at radius 3 is 2.84 bits per heavy atom. The van der Waals surface area contributed by atoms with E-state index in [1.165, 1.54) is 16.7 Å². The molecule has 0 saturated heterocycles. The summed E-state index contributed by atoms with van der Waals surface area (Å²) in [6.07, 6.45) is 3.28. The van der Waals surface area contributed by atoms with Crippen molar-refractivity contribution in [1.82, 2.24) is 10.0 Å². The second-order valence-electron chi connectivity index (χ2n) is 5.66. The molecule has 108 valence electrons. The first-order chi connectivity index (χ1) is 8.66. The van der Waals surface area contributed by atoms with E-state index in [2.05, 4.69) is 10.0 Å². The van der Waals surface area contributed by atoms with Gasteiger partial charge in [-0.1, -0.05) is 11.6 Å². The van der Waals surface area contributed by atoms with Gasteiger partial charge in [-0.15, -0.1) is 11.3 Å². The second-order valence-corrected chi connectivity index (χ2v) is 9.18. The number of hydrogen-bond donors (Lipinski definition) is 2. The van der Waals surface area contributed by atoms with Crippen LogP contribution in [0.15, 0.2) is 6.07 Å². The van der Waals surface area contributed by atoms with Crippen LogP contribution in [0.2, 0.25) is 4.34 Å². The Balaban J connectivity index is 1.97. The zero-order chi connectivity index (χ0) is 14.3. The van der Waals surface area contributed by atoms with Crippen molar-refractivity contribution in [3.63, 3.8) is 0 Å². The average molecular weight is 323 g/mol. The second kappa shape index (κ2) is 5.33. The van der Waals surface area contributed by atoms with E-state index in [0.29, 0.717) is 6.54 Å². The Hall–Kier alpha value is -0.140. The summed E-state index contributed by atoms with van der Waals surface area (Å²) in [7, 11) is -3.19. The Bertz CT molecular complexity index is 566. The third-order valence-corrected chi connectivity index (χ3v) is 5.36. The molecule has 0 spiro atoms. The summed E-state index contributed by atoms with van der Waals surface area (Å²) in [5.74, 6) is 0. The van der Waals surface area contributed by atoms with Crippen LogP contribution in [0.4, 0.5) is 0 Å². The normalized spacial score (nSPS) is 19.7. The zero-order valence-corrected chi connectivity index (χ0v) is 13.7. The molecule has 2 N–H and O–H groups in total. The molecule has 2 rings (SSSR count). The van der Waals surface area contributed by atoms with Crippen molar-refractivity contribution in [3.05, 3.63) is 20.8 Å². The molecular formula is C12H19ClN2O2S2. The molecule has 19 heavy (non-hydrogen) atoms. The van der Waals surface area contributed by atoms with Gasteiger partial charge in [-0.05, 0) is 38.3 Å². The highest BCUT2D eigenvalue weighted by molar-refractivity contribution is 7.88. The molecule has 0 aliphatic heterocycles. The average Bonchev–Trinajstić information content (AvgIpc) is 2.70. The van der Waals surface area contributed by atoms with Crippen molar-refractivity contribution in [3.8, 4) is 0 Å². The van der Waals surface area contributed by atoms with Crippen molar-refractivity contribution in [2.24, 2.45) is 0 Å². The van der Waals surface area contributed by atoms with Gasteiger partial charge < -0.3 is 5.32 Å². The zero-order valence-electron chi connectivity index (χ0n) is 11.3. The van der Waals surface area contributed by atoms with Gasteiger partial charge in [-0.3, -0.25) is 0 Å². The molecule has 1 aliphatic carbocycles. The SMILES string of the molecule is CC(C)(CNC1CCc2sc(Cl)cc21)NS(C)(=O)=O. The van der Waals surface area contributed by atoms with Crippen molar-refractivity contribution < 1.29 is 8.42 Å². The van der Waals surface area contributed by atoms with Crippen molar-refractivity contribution in [2.45, 2.75) is 38.3 Å². The number of thiophene rings is 1. The lowest BCUT2D eigenvalue weighted by molar-refractivity contribution is 0.389. The quantitative estimate of drug-likeness (QED) is 0.874. The van der Waals surface area contributed by atoms with E-state index in [-0.39, 0.29) is 6.04 Å². The number of nitrogens with one attached hydrogen (secondary N) is 2. The molecule has 1 aromatic rings. The van der Waals surface area contributed by atoms with E-state index in [9.17, 15) is 8.42 Å². The van der Waals surface area contributed by atoms with Gasteiger partial charge in [-0.2, -0.15) is 0 Å². The predicted molar refractivity (Wildman–Crippen MR) is 80.5 cm³/mol. The monoisotopic (exact) mass is 322 g/mol. The summed E-state index contributed by atoms with van der Waals surface area (Å²) in [6.45, 7) is 4.33. The van der Waals surface area contributed by atoms with Gasteiger partial charge in [-0.25, -0.2) is 13.1 Å². The minimum Gasteiger partial charge on any atom is -0.308 e. The molecule has 1 unspecified atom stereocenters. The summed E-state index contributed by atoms with van der Waals surface area (Å²) in [5, 5.41) is 3.44. The molecule has 1 aromatic heterocycles. The Morgan fingerprint density at radius 2 is 2.21 bits per heavy atom. The largest absolute Gasteiger partial charge is 0.308 e. The lowest BCUT2D eigenvalue weighted by Crippen LogP contribution is -2.50. The first-order valence-electron chi connectivity index (χ1n) is 6.17. The van der Waals surface area contributed by atoms with Crippen LogP contribution in [0.5, 0.6) is 0 Å². The van der Waals surface area contributed by atoms with Crippen LogP contribution >= 0.6 is 22.9 Å². The van der Waals surface area contributed by atoms with E-state index in [1.54, 1.807) is 11.3 Å². The van der Waals surface area contributed by atoms with Crippen LogP contribution in [0.1, 0.15) is 36.8 Å². The smallest absolute Gasteiger partial charge is 0.209 e. The summed E-state index contributed by atoms with van der Waals surface area (Å²) in [5.41, 5.74) is 0.765. The molecule has 7 heteroatoms. The van der Waals surface area contributed by atoms with Gasteiger partial charge in [0.2, 0.25) is 10.0 Å². The summed E-state index contributed by atoms with van der Waals surface area (Å²) < 4.78 is 26.0. The van der Waals surface area contributed by atoms with E-state index >= 15 is 0 Å². The van der Waals surface area contributed by atoms with E-state index in [4.69, 9.17) is 11.6 Å². The predicted octanol–water partition coefficient (Wildman–Crippen LogP) is 2.31. The summed E-state index contributed by atoms with van der Waals surface area (Å²) >= 11 is 7.66. The van der Waals surface area contributed by atoms with Crippen LogP contribution in [-0.2, 0) is 16.4 Å². The third-order valence-electron chi connectivity index (χ3n) is 3.10. The maximum absolute atomic E-state index is 11.3. The molecule has 1 aliphatic rings. The fourth-order valence-corrected chi connectivity index (χ4v) is 4.89. The van der Waals surface area contributed by atoms with E-state index in [1.807, 2.05) is 19.9 Å². The fraction of sp³-hybridized carbons (Fsp3) is 0.667. The fourth-order valence-electron chi connectivity index (χ4n) is 2.46. The van der Waals surface area contributed by atoms with Crippen LogP contribution in [0.25, 0.3) is 0 Å². The van der Waals surface area contributed by atoms with Crippen LogP contribution < -0.4 is 10.0 Å². The van der Waals surface area contributed by atoms with Gasteiger partial charge in [0.15, 0.2) is 0 Å². The molecule has 0 aromatic carbocycles. The highest BCUT2D eigenvalue weighted by Crippen LogP contribution is 2.39. The number of aryl methyl sites for hydroxylation is 1. The van der Waals surface area contributed by atoms with E-state index in [0.717, 1.165) is 17.2 Å². The Morgan fingerprint density at radius 1 is 1.53 bits per heavy atom. The number of hydrogen-bond acceptors (Lipinski definition) is 4. The van der Waals surface area contributed by atoms with Crippen molar-refractivity contribution in [2.75, 3.05) is 12.8 Å². The Kier molecular flexibility index (Phi) is 4.28. The number of fused-ring (bicyclic) bond motifs is 1. The van der Waals surface area contributed by atoms with Crippen LogP contribution in [0, 0.1) is 0 Å².